The minimum atomic E-state index is -4.49. The molecule has 0 aromatic heterocycles. The van der Waals surface area contributed by atoms with Crippen molar-refractivity contribution in [3.63, 3.8) is 0 Å². The maximum atomic E-state index is 15.1. The molecule has 18 heteroatoms. The number of amides is 2. The molecule has 2 amide bonds. The number of phenols is 2. The molecule has 2 aliphatic heterocycles. The van der Waals surface area contributed by atoms with E-state index in [0.29, 0.717) is 48.7 Å². The van der Waals surface area contributed by atoms with Crippen molar-refractivity contribution in [2.75, 3.05) is 90.6 Å². The molecule has 6 rings (SSSR count). The highest BCUT2D eigenvalue weighted by Crippen LogP contribution is 2.41. The number of halogens is 6. The average molecular weight is 875 g/mol. The highest BCUT2D eigenvalue weighted by molar-refractivity contribution is 5.89. The zero-order valence-electron chi connectivity index (χ0n) is 34.6. The third kappa shape index (κ3) is 10.1. The van der Waals surface area contributed by atoms with Gasteiger partial charge in [-0.25, -0.2) is 0 Å². The van der Waals surface area contributed by atoms with Crippen molar-refractivity contribution in [2.24, 2.45) is 11.8 Å². The van der Waals surface area contributed by atoms with Crippen LogP contribution in [0.5, 0.6) is 34.5 Å². The number of methoxy groups -OCH3 is 4. The minimum Gasteiger partial charge on any atom is -0.502 e. The zero-order chi connectivity index (χ0) is 44.9. The fourth-order valence-electron chi connectivity index (χ4n) is 8.00. The molecule has 2 heterocycles. The van der Waals surface area contributed by atoms with E-state index in [-0.39, 0.29) is 85.3 Å². The molecule has 0 saturated carbocycles. The molecule has 0 aliphatic carbocycles. The Morgan fingerprint density at radius 3 is 1.03 bits per heavy atom. The number of carbonyl (C=O) groups excluding carboxylic acids is 2. The number of piperazine rings is 2. The summed E-state index contributed by atoms with van der Waals surface area (Å²) in [6.07, 6.45) is -9.04. The van der Waals surface area contributed by atoms with Gasteiger partial charge in [-0.1, -0.05) is 0 Å². The van der Waals surface area contributed by atoms with Gasteiger partial charge in [0.05, 0.1) is 51.4 Å². The molecule has 2 fully saturated rings. The molecule has 0 spiro atoms. The molecule has 62 heavy (non-hydrogen) atoms. The van der Waals surface area contributed by atoms with E-state index < -0.39 is 35.3 Å². The highest BCUT2D eigenvalue weighted by Gasteiger charge is 2.41. The molecule has 12 nitrogen and oxygen atoms in total. The number of benzene rings is 4. The maximum Gasteiger partial charge on any atom is 0.416 e. The van der Waals surface area contributed by atoms with E-state index in [4.69, 9.17) is 18.9 Å². The largest absolute Gasteiger partial charge is 0.502 e. The van der Waals surface area contributed by atoms with Crippen molar-refractivity contribution in [2.45, 2.75) is 25.2 Å². The van der Waals surface area contributed by atoms with Gasteiger partial charge in [-0.3, -0.25) is 9.59 Å². The van der Waals surface area contributed by atoms with Crippen LogP contribution >= 0.6 is 0 Å². The topological polar surface area (TPSA) is 124 Å². The summed E-state index contributed by atoms with van der Waals surface area (Å²) in [6.45, 7) is 1.92. The van der Waals surface area contributed by atoms with Crippen LogP contribution in [0.2, 0.25) is 0 Å². The quantitative estimate of drug-likeness (QED) is 0.138. The van der Waals surface area contributed by atoms with Crippen LogP contribution in [-0.2, 0) is 34.8 Å². The Kier molecular flexibility index (Phi) is 13.8. The Balaban J connectivity index is 1.34. The summed E-state index contributed by atoms with van der Waals surface area (Å²) in [4.78, 5) is 37.1. The van der Waals surface area contributed by atoms with Gasteiger partial charge in [-0.05, 0) is 96.8 Å². The number of carbonyl (C=O) groups is 2. The number of alkyl halides is 6. The van der Waals surface area contributed by atoms with E-state index in [0.717, 1.165) is 24.3 Å². The first kappa shape index (κ1) is 45.3. The summed E-state index contributed by atoms with van der Waals surface area (Å²) in [6, 6.07) is 15.8. The van der Waals surface area contributed by atoms with Crippen molar-refractivity contribution >= 4 is 23.2 Å². The molecular weight excluding hydrogens is 826 g/mol. The fourth-order valence-corrected chi connectivity index (χ4v) is 8.00. The number of anilines is 2. The first-order chi connectivity index (χ1) is 29.4. The lowest BCUT2D eigenvalue weighted by Gasteiger charge is -2.41. The van der Waals surface area contributed by atoms with Crippen LogP contribution in [-0.4, -0.2) is 113 Å². The van der Waals surface area contributed by atoms with Crippen LogP contribution in [0.3, 0.4) is 0 Å². The SMILES string of the molecule is COc1cc(C[C@H](C(=O)N2CCN(c3ccc(C(F)(F)F)cc3)CC2)[C@@H](Cc2cc(OC)c(O)c(OC)c2)C(=O)N2CCN(c3ccc(C(F)(F)F)cc3)CC2)cc(OC)c1O. The molecule has 0 radical (unpaired) electrons. The summed E-state index contributed by atoms with van der Waals surface area (Å²) >= 11 is 0. The molecular formula is C44H48F6N4O8. The summed E-state index contributed by atoms with van der Waals surface area (Å²) in [7, 11) is 5.44. The van der Waals surface area contributed by atoms with E-state index in [1.165, 1.54) is 52.7 Å². The van der Waals surface area contributed by atoms with Crippen LogP contribution in [0.1, 0.15) is 22.3 Å². The molecule has 2 saturated heterocycles. The number of hydrogen-bond donors (Lipinski definition) is 2. The van der Waals surface area contributed by atoms with E-state index in [1.807, 2.05) is 9.80 Å². The lowest BCUT2D eigenvalue weighted by molar-refractivity contribution is -0.146. The summed E-state index contributed by atoms with van der Waals surface area (Å²) in [5.74, 6) is -3.08. The first-order valence-corrected chi connectivity index (χ1v) is 19.7. The smallest absolute Gasteiger partial charge is 0.416 e. The molecule has 2 atom stereocenters. The van der Waals surface area contributed by atoms with Gasteiger partial charge in [-0.2, -0.15) is 26.3 Å². The van der Waals surface area contributed by atoms with Crippen molar-refractivity contribution in [1.29, 1.82) is 0 Å². The van der Waals surface area contributed by atoms with Crippen LogP contribution in [0.4, 0.5) is 37.7 Å². The second-order valence-corrected chi connectivity index (χ2v) is 15.0. The number of rotatable bonds is 13. The van der Waals surface area contributed by atoms with E-state index in [1.54, 1.807) is 34.1 Å². The van der Waals surface area contributed by atoms with Gasteiger partial charge in [0.25, 0.3) is 0 Å². The Morgan fingerprint density at radius 1 is 0.516 bits per heavy atom. The predicted molar refractivity (Wildman–Crippen MR) is 217 cm³/mol. The number of nitrogens with zero attached hydrogens (tertiary/aromatic N) is 4. The fraction of sp³-hybridized carbons (Fsp3) is 0.409. The van der Waals surface area contributed by atoms with E-state index >= 15 is 9.59 Å². The van der Waals surface area contributed by atoms with Gasteiger partial charge in [0.2, 0.25) is 23.3 Å². The third-order valence-corrected chi connectivity index (χ3v) is 11.4. The second kappa shape index (κ2) is 18.8. The van der Waals surface area contributed by atoms with Gasteiger partial charge in [0, 0.05) is 63.7 Å². The maximum absolute atomic E-state index is 15.1. The summed E-state index contributed by atoms with van der Waals surface area (Å²) in [5.41, 5.74) is 0.572. The second-order valence-electron chi connectivity index (χ2n) is 15.0. The van der Waals surface area contributed by atoms with Crippen LogP contribution < -0.4 is 28.7 Å². The predicted octanol–water partition coefficient (Wildman–Crippen LogP) is 6.89. The number of phenolic OH excluding ortho intramolecular Hbond substituents is 2. The standard InChI is InChI=1S/C44H48F6N4O8/c1-59-35-23-27(24-36(60-2)39(35)55)21-33(41(57)53-17-13-51(14-18-53)31-9-5-29(6-10-31)43(45,46)47)34(22-28-25-37(61-3)40(56)38(26-28)62-4)42(58)54-19-15-52(16-20-54)32-11-7-30(8-12-32)44(48,49)50/h5-12,23-26,33-34,55-56H,13-22H2,1-4H3/t33-,34+. The van der Waals surface area contributed by atoms with Crippen molar-refractivity contribution in [1.82, 2.24) is 9.80 Å². The molecule has 0 bridgehead atoms. The summed E-state index contributed by atoms with van der Waals surface area (Å²) < 4.78 is 101. The van der Waals surface area contributed by atoms with Crippen molar-refractivity contribution in [3.8, 4) is 34.5 Å². The minimum absolute atomic E-state index is 0.0285. The molecule has 0 unspecified atom stereocenters. The van der Waals surface area contributed by atoms with Gasteiger partial charge >= 0.3 is 12.4 Å². The van der Waals surface area contributed by atoms with Gasteiger partial charge in [-0.15, -0.1) is 0 Å². The lowest BCUT2D eigenvalue weighted by atomic mass is 9.80. The number of aromatic hydroxyl groups is 2. The molecule has 2 N–H and O–H groups in total. The van der Waals surface area contributed by atoms with Gasteiger partial charge < -0.3 is 48.8 Å². The molecule has 4 aromatic carbocycles. The van der Waals surface area contributed by atoms with Crippen LogP contribution in [0.15, 0.2) is 72.8 Å². The molecule has 4 aromatic rings. The summed E-state index contributed by atoms with van der Waals surface area (Å²) in [5, 5.41) is 21.5. The van der Waals surface area contributed by atoms with Gasteiger partial charge in [0.1, 0.15) is 0 Å². The Bertz CT molecular complexity index is 1980. The highest BCUT2D eigenvalue weighted by atomic mass is 19.4. The van der Waals surface area contributed by atoms with Crippen molar-refractivity contribution in [3.05, 3.63) is 95.1 Å². The first-order valence-electron chi connectivity index (χ1n) is 19.7. The molecule has 2 aliphatic rings. The van der Waals surface area contributed by atoms with E-state index in [2.05, 4.69) is 0 Å². The Morgan fingerprint density at radius 2 is 0.790 bits per heavy atom. The van der Waals surface area contributed by atoms with Crippen LogP contribution in [0, 0.1) is 11.8 Å². The zero-order valence-corrected chi connectivity index (χ0v) is 34.6. The molecule has 334 valence electrons. The monoisotopic (exact) mass is 874 g/mol. The normalized spacial score (nSPS) is 15.8. The Labute approximate surface area is 354 Å². The lowest BCUT2D eigenvalue weighted by Crippen LogP contribution is -2.55. The Hall–Kier alpha value is -6.20. The third-order valence-electron chi connectivity index (χ3n) is 11.4. The van der Waals surface area contributed by atoms with Crippen LogP contribution in [0.25, 0.3) is 0 Å². The van der Waals surface area contributed by atoms with Crippen molar-refractivity contribution < 1.29 is 65.1 Å². The number of hydrogen-bond acceptors (Lipinski definition) is 10. The van der Waals surface area contributed by atoms with E-state index in [9.17, 15) is 36.6 Å². The average Bonchev–Trinajstić information content (AvgIpc) is 3.27. The van der Waals surface area contributed by atoms with Gasteiger partial charge in [0.15, 0.2) is 23.0 Å². The number of ether oxygens (including phenoxy) is 4.